The minimum atomic E-state index is 0.193. The van der Waals surface area contributed by atoms with E-state index in [1.165, 1.54) is 19.3 Å². The summed E-state index contributed by atoms with van der Waals surface area (Å²) in [5, 5.41) is 7.43. The maximum Gasteiger partial charge on any atom is 0.244 e. The summed E-state index contributed by atoms with van der Waals surface area (Å²) < 4.78 is 11.3. The van der Waals surface area contributed by atoms with Gasteiger partial charge in [-0.05, 0) is 51.1 Å². The third-order valence-corrected chi connectivity index (χ3v) is 4.63. The van der Waals surface area contributed by atoms with Crippen molar-refractivity contribution in [3.8, 4) is 17.3 Å². The molecule has 6 heteroatoms. The Kier molecular flexibility index (Phi) is 4.24. The van der Waals surface area contributed by atoms with E-state index in [4.69, 9.17) is 9.26 Å². The SMILES string of the molecule is c1cc(OC2CCCCC2)ncc1-c1noc([C@@H]2CCCN2)n1. The topological polar surface area (TPSA) is 73.1 Å². The van der Waals surface area contributed by atoms with Crippen LogP contribution in [0.5, 0.6) is 5.88 Å². The lowest BCUT2D eigenvalue weighted by Crippen LogP contribution is -2.20. The molecule has 0 spiro atoms. The molecule has 2 aromatic rings. The monoisotopic (exact) mass is 314 g/mol. The predicted molar refractivity (Wildman–Crippen MR) is 85.0 cm³/mol. The first-order valence-corrected chi connectivity index (χ1v) is 8.58. The average Bonchev–Trinajstić information content (AvgIpc) is 3.28. The Morgan fingerprint density at radius 3 is 2.74 bits per heavy atom. The number of hydrogen-bond acceptors (Lipinski definition) is 6. The maximum atomic E-state index is 5.95. The van der Waals surface area contributed by atoms with Crippen LogP contribution >= 0.6 is 0 Å². The summed E-state index contributed by atoms with van der Waals surface area (Å²) in [5.41, 5.74) is 0.856. The number of hydrogen-bond donors (Lipinski definition) is 1. The average molecular weight is 314 g/mol. The van der Waals surface area contributed by atoms with Gasteiger partial charge < -0.3 is 14.6 Å². The van der Waals surface area contributed by atoms with Gasteiger partial charge >= 0.3 is 0 Å². The third-order valence-electron chi connectivity index (χ3n) is 4.63. The highest BCUT2D eigenvalue weighted by molar-refractivity contribution is 5.53. The summed E-state index contributed by atoms with van der Waals surface area (Å²) in [6, 6.07) is 4.04. The fourth-order valence-corrected chi connectivity index (χ4v) is 3.33. The first-order valence-electron chi connectivity index (χ1n) is 8.58. The molecule has 2 aromatic heterocycles. The van der Waals surface area contributed by atoms with Crippen molar-refractivity contribution >= 4 is 0 Å². The van der Waals surface area contributed by atoms with Gasteiger partial charge in [0.25, 0.3) is 0 Å². The lowest BCUT2D eigenvalue weighted by Gasteiger charge is -2.22. The molecule has 1 saturated heterocycles. The van der Waals surface area contributed by atoms with Gasteiger partial charge in [-0.15, -0.1) is 0 Å². The molecule has 1 saturated carbocycles. The molecule has 2 aliphatic rings. The van der Waals surface area contributed by atoms with Crippen LogP contribution in [0.15, 0.2) is 22.9 Å². The van der Waals surface area contributed by atoms with Crippen LogP contribution in [0.3, 0.4) is 0 Å². The van der Waals surface area contributed by atoms with E-state index in [0.717, 1.165) is 37.8 Å². The molecule has 0 amide bonds. The molecule has 122 valence electrons. The second kappa shape index (κ2) is 6.66. The molecule has 23 heavy (non-hydrogen) atoms. The van der Waals surface area contributed by atoms with Crippen LogP contribution in [0.4, 0.5) is 0 Å². The Morgan fingerprint density at radius 1 is 1.09 bits per heavy atom. The smallest absolute Gasteiger partial charge is 0.244 e. The zero-order valence-corrected chi connectivity index (χ0v) is 13.2. The van der Waals surface area contributed by atoms with Gasteiger partial charge in [-0.25, -0.2) is 4.98 Å². The van der Waals surface area contributed by atoms with Crippen LogP contribution in [0.2, 0.25) is 0 Å². The van der Waals surface area contributed by atoms with Gasteiger partial charge in [0.2, 0.25) is 17.6 Å². The first kappa shape index (κ1) is 14.6. The summed E-state index contributed by atoms with van der Waals surface area (Å²) >= 11 is 0. The number of ether oxygens (including phenoxy) is 1. The van der Waals surface area contributed by atoms with Crippen molar-refractivity contribution in [1.82, 2.24) is 20.4 Å². The van der Waals surface area contributed by atoms with Gasteiger partial charge in [-0.2, -0.15) is 4.98 Å². The van der Waals surface area contributed by atoms with Crippen molar-refractivity contribution in [2.24, 2.45) is 0 Å². The molecule has 4 rings (SSSR count). The molecule has 0 radical (unpaired) electrons. The zero-order valence-electron chi connectivity index (χ0n) is 13.2. The highest BCUT2D eigenvalue weighted by Crippen LogP contribution is 2.26. The van der Waals surface area contributed by atoms with Crippen molar-refractivity contribution in [3.63, 3.8) is 0 Å². The van der Waals surface area contributed by atoms with E-state index < -0.39 is 0 Å². The van der Waals surface area contributed by atoms with Crippen LogP contribution in [0, 0.1) is 0 Å². The van der Waals surface area contributed by atoms with Crippen LogP contribution in [-0.4, -0.2) is 27.8 Å². The zero-order chi connectivity index (χ0) is 15.5. The molecule has 1 N–H and O–H groups in total. The minimum Gasteiger partial charge on any atom is -0.474 e. The van der Waals surface area contributed by atoms with Crippen molar-refractivity contribution in [1.29, 1.82) is 0 Å². The van der Waals surface area contributed by atoms with E-state index >= 15 is 0 Å². The molecule has 1 aliphatic heterocycles. The normalized spacial score (nSPS) is 22.3. The van der Waals surface area contributed by atoms with Crippen LogP contribution < -0.4 is 10.1 Å². The Labute approximate surface area is 135 Å². The number of rotatable bonds is 4. The molecule has 3 heterocycles. The van der Waals surface area contributed by atoms with E-state index in [0.29, 0.717) is 23.7 Å². The number of aromatic nitrogens is 3. The Bertz CT molecular complexity index is 628. The van der Waals surface area contributed by atoms with Crippen molar-refractivity contribution < 1.29 is 9.26 Å². The third kappa shape index (κ3) is 3.37. The summed E-state index contributed by atoms with van der Waals surface area (Å²) in [7, 11) is 0. The van der Waals surface area contributed by atoms with Crippen LogP contribution in [0.25, 0.3) is 11.4 Å². The molecular formula is C17H22N4O2. The Hall–Kier alpha value is -1.95. The number of pyridine rings is 1. The van der Waals surface area contributed by atoms with E-state index in [1.807, 2.05) is 12.1 Å². The van der Waals surface area contributed by atoms with Crippen molar-refractivity contribution in [2.75, 3.05) is 6.54 Å². The highest BCUT2D eigenvalue weighted by atomic mass is 16.5. The van der Waals surface area contributed by atoms with Crippen LogP contribution in [-0.2, 0) is 0 Å². The fourth-order valence-electron chi connectivity index (χ4n) is 3.33. The molecular weight excluding hydrogens is 292 g/mol. The minimum absolute atomic E-state index is 0.193. The summed E-state index contributed by atoms with van der Waals surface area (Å²) in [6.07, 6.45) is 10.4. The molecule has 0 bridgehead atoms. The molecule has 1 aliphatic carbocycles. The van der Waals surface area contributed by atoms with Gasteiger partial charge in [-0.3, -0.25) is 0 Å². The molecule has 2 fully saturated rings. The summed E-state index contributed by atoms with van der Waals surface area (Å²) in [4.78, 5) is 8.88. The van der Waals surface area contributed by atoms with E-state index in [1.54, 1.807) is 6.20 Å². The highest BCUT2D eigenvalue weighted by Gasteiger charge is 2.23. The second-order valence-corrected chi connectivity index (χ2v) is 6.37. The quantitative estimate of drug-likeness (QED) is 0.933. The van der Waals surface area contributed by atoms with E-state index in [9.17, 15) is 0 Å². The maximum absolute atomic E-state index is 5.95. The van der Waals surface area contributed by atoms with Gasteiger partial charge in [0.15, 0.2) is 0 Å². The lowest BCUT2D eigenvalue weighted by molar-refractivity contribution is 0.148. The largest absolute Gasteiger partial charge is 0.474 e. The van der Waals surface area contributed by atoms with Crippen molar-refractivity contribution in [2.45, 2.75) is 57.1 Å². The summed E-state index contributed by atoms with van der Waals surface area (Å²) in [5.74, 6) is 1.94. The number of nitrogens with zero attached hydrogens (tertiary/aromatic N) is 3. The van der Waals surface area contributed by atoms with Gasteiger partial charge in [0.05, 0.1) is 6.04 Å². The Balaban J connectivity index is 1.43. The second-order valence-electron chi connectivity index (χ2n) is 6.37. The Morgan fingerprint density at radius 2 is 2.00 bits per heavy atom. The van der Waals surface area contributed by atoms with E-state index in [2.05, 4.69) is 20.4 Å². The van der Waals surface area contributed by atoms with E-state index in [-0.39, 0.29) is 6.04 Å². The van der Waals surface area contributed by atoms with Crippen molar-refractivity contribution in [3.05, 3.63) is 24.2 Å². The standard InChI is InChI=1S/C17H22N4O2/c1-2-5-13(6-3-1)22-15-9-8-12(11-19-15)16-20-17(23-21-16)14-7-4-10-18-14/h8-9,11,13-14,18H,1-7,10H2/t14-/m0/s1. The molecule has 0 unspecified atom stereocenters. The summed E-state index contributed by atoms with van der Waals surface area (Å²) in [6.45, 7) is 1.01. The molecule has 6 nitrogen and oxygen atoms in total. The molecule has 0 aromatic carbocycles. The lowest BCUT2D eigenvalue weighted by atomic mass is 9.98. The van der Waals surface area contributed by atoms with Crippen LogP contribution in [0.1, 0.15) is 56.9 Å². The predicted octanol–water partition coefficient (Wildman–Crippen LogP) is 3.27. The molecule has 1 atom stereocenters. The van der Waals surface area contributed by atoms with Gasteiger partial charge in [-0.1, -0.05) is 11.6 Å². The van der Waals surface area contributed by atoms with Gasteiger partial charge in [0, 0.05) is 17.8 Å². The van der Waals surface area contributed by atoms with Gasteiger partial charge in [0.1, 0.15) is 6.10 Å². The number of nitrogens with one attached hydrogen (secondary N) is 1. The first-order chi connectivity index (χ1) is 11.4. The fraction of sp³-hybridized carbons (Fsp3) is 0.588.